The number of carboxylic acid groups (broad SMARTS) is 1. The zero-order valence-electron chi connectivity index (χ0n) is 19.0. The number of hydrogen-bond donors (Lipinski definition) is 9. The minimum Gasteiger partial charge on any atom is -0.508 e. The smallest absolute Gasteiger partial charge is 0.326 e. The van der Waals surface area contributed by atoms with Crippen LogP contribution in [0.25, 0.3) is 0 Å². The molecule has 5 unspecified atom stereocenters. The predicted octanol–water partition coefficient (Wildman–Crippen LogP) is -2.62. The molecule has 0 aliphatic rings. The van der Waals surface area contributed by atoms with Crippen LogP contribution in [0.4, 0.5) is 0 Å². The van der Waals surface area contributed by atoms with Gasteiger partial charge < -0.3 is 42.7 Å². The molecule has 4 amide bonds. The number of nitrogens with one attached hydrogen (secondary N) is 3. The maximum absolute atomic E-state index is 12.9. The van der Waals surface area contributed by atoms with Gasteiger partial charge in [-0.25, -0.2) is 4.79 Å². The van der Waals surface area contributed by atoms with Gasteiger partial charge in [-0.1, -0.05) is 12.1 Å². The third-order valence-electron chi connectivity index (χ3n) is 4.94. The Morgan fingerprint density at radius 2 is 1.46 bits per heavy atom. The average Bonchev–Trinajstić information content (AvgIpc) is 2.79. The van der Waals surface area contributed by atoms with Crippen molar-refractivity contribution in [1.82, 2.24) is 16.0 Å². The molecule has 0 bridgehead atoms. The van der Waals surface area contributed by atoms with Crippen molar-refractivity contribution < 1.29 is 39.3 Å². The molecule has 0 radical (unpaired) electrons. The highest BCUT2D eigenvalue weighted by Gasteiger charge is 2.30. The van der Waals surface area contributed by atoms with Gasteiger partial charge >= 0.3 is 5.97 Å². The fourth-order valence-corrected chi connectivity index (χ4v) is 3.10. The van der Waals surface area contributed by atoms with Gasteiger partial charge in [0, 0.05) is 18.6 Å². The molecular formula is C21H31N5O8S. The van der Waals surface area contributed by atoms with Gasteiger partial charge in [0.1, 0.15) is 29.9 Å². The summed E-state index contributed by atoms with van der Waals surface area (Å²) < 4.78 is 0. The molecule has 0 aliphatic carbocycles. The van der Waals surface area contributed by atoms with Gasteiger partial charge in [-0.2, -0.15) is 12.6 Å². The van der Waals surface area contributed by atoms with Gasteiger partial charge in [0.25, 0.3) is 0 Å². The monoisotopic (exact) mass is 513 g/mol. The summed E-state index contributed by atoms with van der Waals surface area (Å²) in [4.78, 5) is 60.4. The minimum atomic E-state index is -1.45. The highest BCUT2D eigenvalue weighted by atomic mass is 32.1. The number of rotatable bonds is 14. The Bertz CT molecular complexity index is 911. The Morgan fingerprint density at radius 3 is 1.94 bits per heavy atom. The largest absolute Gasteiger partial charge is 0.508 e. The molecule has 1 rings (SSSR count). The van der Waals surface area contributed by atoms with Crippen molar-refractivity contribution in [2.45, 2.75) is 56.5 Å². The van der Waals surface area contributed by atoms with Crippen molar-refractivity contribution in [3.63, 3.8) is 0 Å². The quantitative estimate of drug-likeness (QED) is 0.118. The van der Waals surface area contributed by atoms with Crippen molar-refractivity contribution in [3.05, 3.63) is 29.8 Å². The third kappa shape index (κ3) is 10.2. The topological polar surface area (TPSA) is 234 Å². The molecule has 0 spiro atoms. The number of carbonyl (C=O) groups excluding carboxylic acids is 4. The van der Waals surface area contributed by atoms with E-state index in [-0.39, 0.29) is 30.8 Å². The zero-order chi connectivity index (χ0) is 26.7. The molecule has 5 atom stereocenters. The van der Waals surface area contributed by atoms with Gasteiger partial charge in [0.05, 0.1) is 6.10 Å². The fourth-order valence-electron chi connectivity index (χ4n) is 2.85. The first-order valence-corrected chi connectivity index (χ1v) is 11.2. The minimum absolute atomic E-state index is 0.0246. The molecule has 0 fully saturated rings. The van der Waals surface area contributed by atoms with E-state index in [9.17, 15) is 39.3 Å². The number of hydrogen-bond acceptors (Lipinski definition) is 9. The van der Waals surface area contributed by atoms with Crippen LogP contribution < -0.4 is 27.4 Å². The molecule has 0 saturated carbocycles. The van der Waals surface area contributed by atoms with Gasteiger partial charge in [-0.05, 0) is 31.0 Å². The zero-order valence-corrected chi connectivity index (χ0v) is 19.9. The van der Waals surface area contributed by atoms with Gasteiger partial charge in [0.2, 0.25) is 23.6 Å². The number of aliphatic hydroxyl groups is 1. The van der Waals surface area contributed by atoms with Crippen LogP contribution in [0.3, 0.4) is 0 Å². The number of aliphatic carboxylic acids is 1. The lowest BCUT2D eigenvalue weighted by Gasteiger charge is -2.25. The summed E-state index contributed by atoms with van der Waals surface area (Å²) in [6.45, 7) is 1.30. The van der Waals surface area contributed by atoms with Crippen LogP contribution in [-0.2, 0) is 30.4 Å². The highest BCUT2D eigenvalue weighted by molar-refractivity contribution is 7.80. The predicted molar refractivity (Wildman–Crippen MR) is 127 cm³/mol. The Hall–Kier alpha value is -3.36. The Labute approximate surface area is 207 Å². The number of carboxylic acids is 1. The first kappa shape index (κ1) is 29.7. The van der Waals surface area contributed by atoms with E-state index in [2.05, 4.69) is 28.6 Å². The molecule has 10 N–H and O–H groups in total. The molecular weight excluding hydrogens is 482 g/mol. The van der Waals surface area contributed by atoms with E-state index in [1.54, 1.807) is 0 Å². The number of phenols is 1. The van der Waals surface area contributed by atoms with E-state index >= 15 is 0 Å². The standard InChI is InChI=1S/C21H31N5O8S/c1-10(27)17(23)20(32)26-15(9-35)19(31)25-14(8-11-2-4-12(28)5-3-11)18(30)24-13(21(33)34)6-7-16(22)29/h2-5,10,13-15,17,27-28,35H,6-9,23H2,1H3,(H2,22,29)(H,24,30)(H,25,31)(H,26,32)(H,33,34). The van der Waals surface area contributed by atoms with Crippen LogP contribution in [-0.4, -0.2) is 80.9 Å². The van der Waals surface area contributed by atoms with Crippen molar-refractivity contribution in [2.24, 2.45) is 11.5 Å². The number of aromatic hydroxyl groups is 1. The molecule has 0 aliphatic heterocycles. The molecule has 1 aromatic rings. The van der Waals surface area contributed by atoms with E-state index in [4.69, 9.17) is 11.5 Å². The lowest BCUT2D eigenvalue weighted by molar-refractivity contribution is -0.142. The summed E-state index contributed by atoms with van der Waals surface area (Å²) in [6, 6.07) is 0.469. The number of thiol groups is 1. The van der Waals surface area contributed by atoms with Crippen molar-refractivity contribution in [1.29, 1.82) is 0 Å². The molecule has 0 saturated heterocycles. The highest BCUT2D eigenvalue weighted by Crippen LogP contribution is 2.12. The second-order valence-corrected chi connectivity index (χ2v) is 8.21. The summed E-state index contributed by atoms with van der Waals surface area (Å²) in [5.74, 6) is -4.84. The number of aliphatic hydroxyl groups excluding tert-OH is 1. The van der Waals surface area contributed by atoms with Crippen LogP contribution in [0, 0.1) is 0 Å². The second-order valence-electron chi connectivity index (χ2n) is 7.85. The van der Waals surface area contributed by atoms with Crippen molar-refractivity contribution in [3.8, 4) is 5.75 Å². The third-order valence-corrected chi connectivity index (χ3v) is 5.31. The summed E-state index contributed by atoms with van der Waals surface area (Å²) in [6.07, 6.45) is -1.83. The molecule has 194 valence electrons. The molecule has 1 aromatic carbocycles. The molecule has 35 heavy (non-hydrogen) atoms. The van der Waals surface area contributed by atoms with Crippen LogP contribution >= 0.6 is 12.6 Å². The van der Waals surface area contributed by atoms with Crippen molar-refractivity contribution in [2.75, 3.05) is 5.75 Å². The lowest BCUT2D eigenvalue weighted by Crippen LogP contribution is -2.59. The van der Waals surface area contributed by atoms with E-state index in [1.807, 2.05) is 0 Å². The number of nitrogens with two attached hydrogens (primary N) is 2. The maximum Gasteiger partial charge on any atom is 0.326 e. The Balaban J connectivity index is 3.07. The van der Waals surface area contributed by atoms with Crippen LogP contribution in [0.2, 0.25) is 0 Å². The number of amides is 4. The van der Waals surface area contributed by atoms with Crippen LogP contribution in [0.5, 0.6) is 5.75 Å². The average molecular weight is 514 g/mol. The number of carbonyl (C=O) groups is 5. The normalized spacial score (nSPS) is 15.1. The summed E-state index contributed by atoms with van der Waals surface area (Å²) >= 11 is 4.04. The van der Waals surface area contributed by atoms with E-state index in [0.29, 0.717) is 5.56 Å². The van der Waals surface area contributed by atoms with Gasteiger partial charge in [-0.3, -0.25) is 19.2 Å². The number of primary amides is 1. The fraction of sp³-hybridized carbons (Fsp3) is 0.476. The van der Waals surface area contributed by atoms with E-state index in [0.717, 1.165) is 0 Å². The van der Waals surface area contributed by atoms with Crippen LogP contribution in [0.15, 0.2) is 24.3 Å². The molecule has 13 nitrogen and oxygen atoms in total. The maximum atomic E-state index is 12.9. The second kappa shape index (κ2) is 14.1. The summed E-state index contributed by atoms with van der Waals surface area (Å²) in [5.41, 5.74) is 11.1. The number of phenolic OH excluding ortho intramolecular Hbond substituents is 1. The van der Waals surface area contributed by atoms with Crippen molar-refractivity contribution >= 4 is 42.2 Å². The van der Waals surface area contributed by atoms with Crippen LogP contribution in [0.1, 0.15) is 25.3 Å². The molecule has 14 heteroatoms. The Morgan fingerprint density at radius 1 is 0.943 bits per heavy atom. The van der Waals surface area contributed by atoms with E-state index < -0.39 is 59.9 Å². The summed E-state index contributed by atoms with van der Waals surface area (Å²) in [5, 5.41) is 35.4. The first-order valence-electron chi connectivity index (χ1n) is 10.6. The SMILES string of the molecule is CC(O)C(N)C(=O)NC(CS)C(=O)NC(Cc1ccc(O)cc1)C(=O)NC(CCC(N)=O)C(=O)O. The van der Waals surface area contributed by atoms with Gasteiger partial charge in [-0.15, -0.1) is 0 Å². The molecule has 0 heterocycles. The summed E-state index contributed by atoms with van der Waals surface area (Å²) in [7, 11) is 0. The number of benzene rings is 1. The van der Waals surface area contributed by atoms with Gasteiger partial charge in [0.15, 0.2) is 0 Å². The first-order chi connectivity index (χ1) is 16.3. The molecule has 0 aromatic heterocycles. The Kier molecular flexibility index (Phi) is 12.0. The lowest BCUT2D eigenvalue weighted by atomic mass is 10.0. The van der Waals surface area contributed by atoms with E-state index in [1.165, 1.54) is 31.2 Å².